The van der Waals surface area contributed by atoms with E-state index in [1.807, 2.05) is 121 Å². The number of allylic oxidation sites excluding steroid dienone is 2. The van der Waals surface area contributed by atoms with Gasteiger partial charge in [-0.2, -0.15) is 0 Å². The quantitative estimate of drug-likeness (QED) is 0.185. The average molecular weight is 627 g/mol. The molecule has 0 radical (unpaired) electrons. The molecule has 5 aromatic rings. The molecule has 1 saturated heterocycles. The number of hydrogen-bond donors (Lipinski definition) is 0. The predicted molar refractivity (Wildman–Crippen MR) is 177 cm³/mol. The molecule has 3 aliphatic rings. The fraction of sp³-hybridized carbons (Fsp3) is 0.103. The van der Waals surface area contributed by atoms with Gasteiger partial charge in [-0.05, 0) is 51.6 Å². The van der Waals surface area contributed by atoms with Crippen LogP contribution < -0.4 is 4.90 Å². The Morgan fingerprint density at radius 2 is 0.911 bits per heavy atom. The van der Waals surface area contributed by atoms with Crippen molar-refractivity contribution in [2.45, 2.75) is 10.8 Å². The van der Waals surface area contributed by atoms with Gasteiger partial charge in [-0.15, -0.1) is 0 Å². The zero-order valence-electron chi connectivity index (χ0n) is 23.9. The molecule has 0 aromatic heterocycles. The van der Waals surface area contributed by atoms with Crippen LogP contribution in [0.2, 0.25) is 10.0 Å². The molecule has 0 N–H and O–H groups in total. The Labute approximate surface area is 270 Å². The van der Waals surface area contributed by atoms with E-state index in [0.717, 1.165) is 22.3 Å². The summed E-state index contributed by atoms with van der Waals surface area (Å²) >= 11 is 12.9. The molecule has 1 saturated carbocycles. The molecule has 0 unspecified atom stereocenters. The maximum absolute atomic E-state index is 15.8. The van der Waals surface area contributed by atoms with Crippen LogP contribution in [0.1, 0.15) is 22.3 Å². The van der Waals surface area contributed by atoms with Gasteiger partial charge in [-0.25, -0.2) is 4.90 Å². The van der Waals surface area contributed by atoms with Crippen molar-refractivity contribution >= 4 is 57.6 Å². The van der Waals surface area contributed by atoms with Gasteiger partial charge in [0, 0.05) is 5.02 Å². The summed E-state index contributed by atoms with van der Waals surface area (Å²) in [5.41, 5.74) is 1.84. The number of carbonyl (C=O) groups is 3. The monoisotopic (exact) mass is 625 g/mol. The highest BCUT2D eigenvalue weighted by Gasteiger charge is 2.82. The number of rotatable bonds is 5. The number of amides is 2. The minimum absolute atomic E-state index is 0.163. The fourth-order valence-corrected chi connectivity index (χ4v) is 8.73. The first-order valence-corrected chi connectivity index (χ1v) is 15.5. The Hall–Kier alpha value is -4.77. The zero-order valence-corrected chi connectivity index (χ0v) is 25.4. The molecular weight excluding hydrogens is 601 g/mol. The van der Waals surface area contributed by atoms with Gasteiger partial charge in [0.25, 0.3) is 0 Å². The van der Waals surface area contributed by atoms with Gasteiger partial charge in [0.1, 0.15) is 0 Å². The van der Waals surface area contributed by atoms with Crippen LogP contribution in [-0.2, 0) is 25.2 Å². The van der Waals surface area contributed by atoms with Gasteiger partial charge in [0.15, 0.2) is 5.78 Å². The SMILES string of the molecule is O=C1[C@H]2[C@H](C(=O)N1c1ccc(Cl)cc1Cl)[C@@]1(c3ccccc3)C(=O)[C@@]2(c2ccccc2)C(c2ccccc2)=C1c1ccccc1. The van der Waals surface area contributed by atoms with Gasteiger partial charge in [0.05, 0.1) is 33.4 Å². The average Bonchev–Trinajstić information content (AvgIpc) is 3.58. The van der Waals surface area contributed by atoms with Crippen molar-refractivity contribution in [3.8, 4) is 0 Å². The molecule has 8 rings (SSSR count). The topological polar surface area (TPSA) is 54.5 Å². The largest absolute Gasteiger partial charge is 0.297 e. The van der Waals surface area contributed by atoms with Crippen LogP contribution >= 0.6 is 23.2 Å². The van der Waals surface area contributed by atoms with Crippen molar-refractivity contribution in [3.05, 3.63) is 172 Å². The predicted octanol–water partition coefficient (Wildman–Crippen LogP) is 8.18. The van der Waals surface area contributed by atoms with E-state index in [4.69, 9.17) is 23.2 Å². The summed E-state index contributed by atoms with van der Waals surface area (Å²) in [6.45, 7) is 0. The van der Waals surface area contributed by atoms with Crippen molar-refractivity contribution in [1.82, 2.24) is 0 Å². The molecule has 1 aliphatic heterocycles. The van der Waals surface area contributed by atoms with E-state index in [0.29, 0.717) is 16.1 Å². The van der Waals surface area contributed by atoms with E-state index < -0.39 is 34.5 Å². The van der Waals surface area contributed by atoms with E-state index in [1.54, 1.807) is 12.1 Å². The van der Waals surface area contributed by atoms with Gasteiger partial charge in [0.2, 0.25) is 11.8 Å². The lowest BCUT2D eigenvalue weighted by Crippen LogP contribution is -2.45. The molecule has 45 heavy (non-hydrogen) atoms. The van der Waals surface area contributed by atoms with Crippen LogP contribution in [-0.4, -0.2) is 17.6 Å². The highest BCUT2D eigenvalue weighted by molar-refractivity contribution is 6.42. The van der Waals surface area contributed by atoms with Crippen LogP contribution in [0.15, 0.2) is 140 Å². The molecule has 2 amide bonds. The first-order valence-electron chi connectivity index (χ1n) is 14.8. The van der Waals surface area contributed by atoms with Crippen LogP contribution in [0.4, 0.5) is 5.69 Å². The molecular formula is C39H25Cl2NO3. The molecule has 5 aromatic carbocycles. The second-order valence-electron chi connectivity index (χ2n) is 11.7. The molecule has 1 heterocycles. The van der Waals surface area contributed by atoms with Crippen LogP contribution in [0.25, 0.3) is 11.1 Å². The third kappa shape index (κ3) is 3.52. The van der Waals surface area contributed by atoms with E-state index in [2.05, 4.69) is 0 Å². The number of hydrogen-bond acceptors (Lipinski definition) is 3. The molecule has 4 atom stereocenters. The number of nitrogens with zero attached hydrogens (tertiary/aromatic N) is 1. The van der Waals surface area contributed by atoms with E-state index >= 15 is 4.79 Å². The molecule has 6 heteroatoms. The first-order chi connectivity index (χ1) is 21.9. The number of carbonyl (C=O) groups excluding carboxylic acids is 3. The number of benzene rings is 5. The third-order valence-corrected chi connectivity index (χ3v) is 10.3. The Morgan fingerprint density at radius 3 is 1.31 bits per heavy atom. The summed E-state index contributed by atoms with van der Waals surface area (Å²) < 4.78 is 0. The minimum Gasteiger partial charge on any atom is -0.297 e. The second kappa shape index (κ2) is 10.1. The first kappa shape index (κ1) is 27.8. The number of ketones is 1. The highest BCUT2D eigenvalue weighted by Crippen LogP contribution is 2.74. The van der Waals surface area contributed by atoms with Gasteiger partial charge in [-0.3, -0.25) is 14.4 Å². The van der Waals surface area contributed by atoms with Crippen molar-refractivity contribution in [2.24, 2.45) is 11.8 Å². The Balaban J connectivity index is 1.55. The summed E-state index contributed by atoms with van der Waals surface area (Å²) in [7, 11) is 0. The van der Waals surface area contributed by atoms with Crippen molar-refractivity contribution in [1.29, 1.82) is 0 Å². The van der Waals surface area contributed by atoms with E-state index in [9.17, 15) is 9.59 Å². The number of imide groups is 1. The molecule has 2 bridgehead atoms. The Bertz CT molecular complexity index is 1930. The normalized spacial score (nSPS) is 25.3. The summed E-state index contributed by atoms with van der Waals surface area (Å²) in [5, 5.41) is 0.573. The lowest BCUT2D eigenvalue weighted by Gasteiger charge is -2.39. The molecule has 2 fully saturated rings. The summed E-state index contributed by atoms with van der Waals surface area (Å²) in [5.74, 6) is -3.11. The molecule has 218 valence electrons. The molecule has 0 spiro atoms. The van der Waals surface area contributed by atoms with Crippen LogP contribution in [0.5, 0.6) is 0 Å². The molecule has 4 nitrogen and oxygen atoms in total. The number of fused-ring (bicyclic) bond motifs is 5. The number of anilines is 1. The van der Waals surface area contributed by atoms with Crippen LogP contribution in [0, 0.1) is 11.8 Å². The summed E-state index contributed by atoms with van der Waals surface area (Å²) in [6, 6.07) is 43.2. The maximum atomic E-state index is 15.8. The van der Waals surface area contributed by atoms with E-state index in [-0.39, 0.29) is 16.5 Å². The Kier molecular flexibility index (Phi) is 6.25. The zero-order chi connectivity index (χ0) is 30.9. The minimum atomic E-state index is -1.46. The van der Waals surface area contributed by atoms with Gasteiger partial charge >= 0.3 is 0 Å². The summed E-state index contributed by atoms with van der Waals surface area (Å²) in [4.78, 5) is 47.0. The standard InChI is InChI=1S/C39H25Cl2NO3/c40-28-21-22-30(29(41)23-28)42-35(43)33-34(36(42)44)39(27-19-11-4-12-20-27)32(25-15-7-2-8-16-25)31(24-13-5-1-6-14-24)38(33,37(39)45)26-17-9-3-10-18-26/h1-23,33-34H/t33-,34-,38+,39+/m1/s1. The third-order valence-electron chi connectivity index (χ3n) is 9.73. The lowest BCUT2D eigenvalue weighted by atomic mass is 9.59. The Morgan fingerprint density at radius 1 is 0.511 bits per heavy atom. The second-order valence-corrected chi connectivity index (χ2v) is 12.6. The highest BCUT2D eigenvalue weighted by atomic mass is 35.5. The summed E-state index contributed by atoms with van der Waals surface area (Å²) in [6.07, 6.45) is 0. The van der Waals surface area contributed by atoms with Gasteiger partial charge < -0.3 is 0 Å². The van der Waals surface area contributed by atoms with Crippen LogP contribution in [0.3, 0.4) is 0 Å². The number of Topliss-reactive ketones (excluding diaryl/α,β-unsaturated/α-hetero) is 1. The van der Waals surface area contributed by atoms with E-state index in [1.165, 1.54) is 11.0 Å². The fourth-order valence-electron chi connectivity index (χ4n) is 8.23. The molecule has 2 aliphatic carbocycles. The van der Waals surface area contributed by atoms with Crippen molar-refractivity contribution in [3.63, 3.8) is 0 Å². The van der Waals surface area contributed by atoms with Crippen molar-refractivity contribution < 1.29 is 14.4 Å². The maximum Gasteiger partial charge on any atom is 0.239 e. The number of halogens is 2. The van der Waals surface area contributed by atoms with Crippen molar-refractivity contribution in [2.75, 3.05) is 4.90 Å². The van der Waals surface area contributed by atoms with Gasteiger partial charge in [-0.1, -0.05) is 145 Å². The smallest absolute Gasteiger partial charge is 0.239 e. The lowest BCUT2D eigenvalue weighted by molar-refractivity contribution is -0.130.